The number of rotatable bonds is 4. The third-order valence-corrected chi connectivity index (χ3v) is 4.79. The number of carbonyl (C=O) groups is 1. The first-order chi connectivity index (χ1) is 8.72. The topological polar surface area (TPSA) is 58.4 Å². The monoisotopic (exact) mass is 251 g/mol. The Balaban J connectivity index is 1.37. The van der Waals surface area contributed by atoms with Gasteiger partial charge in [-0.25, -0.2) is 0 Å². The van der Waals surface area contributed by atoms with Crippen molar-refractivity contribution in [3.05, 3.63) is 0 Å². The quantitative estimate of drug-likeness (QED) is 0.774. The minimum absolute atomic E-state index is 0.181. The Morgan fingerprint density at radius 2 is 2.06 bits per heavy atom. The second-order valence-corrected chi connectivity index (χ2v) is 6.40. The molecule has 4 heteroatoms. The van der Waals surface area contributed by atoms with Gasteiger partial charge in [0.2, 0.25) is 5.91 Å². The molecule has 1 saturated heterocycles. The summed E-state index contributed by atoms with van der Waals surface area (Å²) in [4.78, 5) is 14.6. The van der Waals surface area contributed by atoms with Gasteiger partial charge in [-0.3, -0.25) is 4.79 Å². The molecule has 3 unspecified atom stereocenters. The fraction of sp³-hybridized carbons (Fsp3) is 0.929. The van der Waals surface area contributed by atoms with Crippen LogP contribution in [0, 0.1) is 11.8 Å². The van der Waals surface area contributed by atoms with E-state index < -0.39 is 0 Å². The molecule has 0 spiro atoms. The van der Waals surface area contributed by atoms with Gasteiger partial charge in [0.25, 0.3) is 0 Å². The normalized spacial score (nSPS) is 37.1. The van der Waals surface area contributed by atoms with Gasteiger partial charge in [0.15, 0.2) is 0 Å². The van der Waals surface area contributed by atoms with Gasteiger partial charge in [0.05, 0.1) is 0 Å². The zero-order valence-electron chi connectivity index (χ0n) is 11.1. The third kappa shape index (κ3) is 2.86. The Hall–Kier alpha value is -0.610. The molecule has 102 valence electrons. The first kappa shape index (κ1) is 12.4. The van der Waals surface area contributed by atoms with Crippen molar-refractivity contribution in [3.63, 3.8) is 0 Å². The van der Waals surface area contributed by atoms with E-state index in [1.54, 1.807) is 0 Å². The van der Waals surface area contributed by atoms with Crippen LogP contribution in [-0.2, 0) is 4.79 Å². The SMILES string of the molecule is NC1CCC(C(=O)NCC2CCN(C3CC3)C2)C1. The van der Waals surface area contributed by atoms with E-state index in [0.29, 0.717) is 5.92 Å². The predicted molar refractivity (Wildman–Crippen MR) is 71.0 cm³/mol. The molecule has 3 rings (SSSR count). The highest BCUT2D eigenvalue weighted by Crippen LogP contribution is 2.31. The summed E-state index contributed by atoms with van der Waals surface area (Å²) in [6.07, 6.45) is 6.90. The number of nitrogens with one attached hydrogen (secondary N) is 1. The molecule has 3 N–H and O–H groups in total. The van der Waals surface area contributed by atoms with Crippen LogP contribution in [-0.4, -0.2) is 42.5 Å². The molecule has 3 atom stereocenters. The zero-order chi connectivity index (χ0) is 12.5. The lowest BCUT2D eigenvalue weighted by atomic mass is 10.1. The van der Waals surface area contributed by atoms with Gasteiger partial charge in [-0.2, -0.15) is 0 Å². The fourth-order valence-corrected chi connectivity index (χ4v) is 3.44. The molecule has 0 aromatic carbocycles. The Kier molecular flexibility index (Phi) is 3.57. The maximum atomic E-state index is 12.0. The molecule has 0 aromatic rings. The zero-order valence-corrected chi connectivity index (χ0v) is 11.1. The highest BCUT2D eigenvalue weighted by molar-refractivity contribution is 5.79. The van der Waals surface area contributed by atoms with Crippen molar-refractivity contribution in [3.8, 4) is 0 Å². The van der Waals surface area contributed by atoms with Crippen LogP contribution in [0.5, 0.6) is 0 Å². The van der Waals surface area contributed by atoms with Crippen molar-refractivity contribution < 1.29 is 4.79 Å². The van der Waals surface area contributed by atoms with Crippen molar-refractivity contribution in [1.29, 1.82) is 0 Å². The molecule has 3 fully saturated rings. The molecule has 1 heterocycles. The van der Waals surface area contributed by atoms with E-state index in [1.165, 1.54) is 32.4 Å². The average Bonchev–Trinajstić information content (AvgIpc) is 2.95. The molecular weight excluding hydrogens is 226 g/mol. The Morgan fingerprint density at radius 3 is 2.72 bits per heavy atom. The predicted octanol–water partition coefficient (Wildman–Crippen LogP) is 0.714. The van der Waals surface area contributed by atoms with Crippen molar-refractivity contribution in [1.82, 2.24) is 10.2 Å². The summed E-state index contributed by atoms with van der Waals surface area (Å²) < 4.78 is 0. The number of amides is 1. The molecule has 0 radical (unpaired) electrons. The Labute approximate surface area is 109 Å². The van der Waals surface area contributed by atoms with Crippen LogP contribution in [0.2, 0.25) is 0 Å². The lowest BCUT2D eigenvalue weighted by Gasteiger charge is -2.16. The standard InChI is InChI=1S/C14H25N3O/c15-12-2-1-11(7-12)14(18)16-8-10-5-6-17(9-10)13-3-4-13/h10-13H,1-9,15H2,(H,16,18). The Morgan fingerprint density at radius 1 is 1.22 bits per heavy atom. The number of hydrogen-bond donors (Lipinski definition) is 2. The highest BCUT2D eigenvalue weighted by atomic mass is 16.1. The molecule has 0 aromatic heterocycles. The fourth-order valence-electron chi connectivity index (χ4n) is 3.44. The second-order valence-electron chi connectivity index (χ2n) is 6.40. The highest BCUT2D eigenvalue weighted by Gasteiger charge is 2.34. The molecule has 3 aliphatic rings. The maximum absolute atomic E-state index is 12.0. The van der Waals surface area contributed by atoms with Crippen LogP contribution in [0.1, 0.15) is 38.5 Å². The number of carbonyl (C=O) groups excluding carboxylic acids is 1. The largest absolute Gasteiger partial charge is 0.356 e. The van der Waals surface area contributed by atoms with Gasteiger partial charge in [0.1, 0.15) is 0 Å². The number of hydrogen-bond acceptors (Lipinski definition) is 3. The van der Waals surface area contributed by atoms with Crippen LogP contribution in [0.3, 0.4) is 0 Å². The molecule has 1 aliphatic heterocycles. The summed E-state index contributed by atoms with van der Waals surface area (Å²) in [7, 11) is 0. The smallest absolute Gasteiger partial charge is 0.223 e. The van der Waals surface area contributed by atoms with E-state index in [1.807, 2.05) is 0 Å². The van der Waals surface area contributed by atoms with E-state index in [2.05, 4.69) is 10.2 Å². The van der Waals surface area contributed by atoms with Crippen molar-refractivity contribution in [2.45, 2.75) is 50.6 Å². The van der Waals surface area contributed by atoms with Crippen LogP contribution >= 0.6 is 0 Å². The molecule has 18 heavy (non-hydrogen) atoms. The van der Waals surface area contributed by atoms with Gasteiger partial charge < -0.3 is 16.0 Å². The van der Waals surface area contributed by atoms with E-state index in [9.17, 15) is 4.79 Å². The maximum Gasteiger partial charge on any atom is 0.223 e. The first-order valence-corrected chi connectivity index (χ1v) is 7.49. The number of nitrogens with two attached hydrogens (primary N) is 1. The van der Waals surface area contributed by atoms with Crippen LogP contribution < -0.4 is 11.1 Å². The molecule has 0 bridgehead atoms. The summed E-state index contributed by atoms with van der Waals surface area (Å²) in [5.41, 5.74) is 5.85. The Bertz CT molecular complexity index is 316. The van der Waals surface area contributed by atoms with Crippen LogP contribution in [0.15, 0.2) is 0 Å². The van der Waals surface area contributed by atoms with E-state index in [0.717, 1.165) is 31.8 Å². The minimum atomic E-state index is 0.181. The lowest BCUT2D eigenvalue weighted by molar-refractivity contribution is -0.125. The third-order valence-electron chi connectivity index (χ3n) is 4.79. The molecule has 2 aliphatic carbocycles. The summed E-state index contributed by atoms with van der Waals surface area (Å²) in [6, 6.07) is 1.12. The van der Waals surface area contributed by atoms with Gasteiger partial charge in [-0.05, 0) is 51.0 Å². The summed E-state index contributed by atoms with van der Waals surface area (Å²) in [5, 5.41) is 3.15. The van der Waals surface area contributed by atoms with Crippen molar-refractivity contribution in [2.24, 2.45) is 17.6 Å². The molecule has 2 saturated carbocycles. The number of nitrogens with zero attached hydrogens (tertiary/aromatic N) is 1. The summed E-state index contributed by atoms with van der Waals surface area (Å²) in [6.45, 7) is 3.29. The second kappa shape index (κ2) is 5.17. The number of likely N-dealkylation sites (tertiary alicyclic amines) is 1. The molecule has 4 nitrogen and oxygen atoms in total. The van der Waals surface area contributed by atoms with Gasteiger partial charge in [0, 0.05) is 31.1 Å². The van der Waals surface area contributed by atoms with Crippen molar-refractivity contribution >= 4 is 5.91 Å². The van der Waals surface area contributed by atoms with Gasteiger partial charge in [-0.15, -0.1) is 0 Å². The minimum Gasteiger partial charge on any atom is -0.356 e. The van der Waals surface area contributed by atoms with Gasteiger partial charge >= 0.3 is 0 Å². The van der Waals surface area contributed by atoms with Crippen LogP contribution in [0.4, 0.5) is 0 Å². The summed E-state index contributed by atoms with van der Waals surface area (Å²) in [5.74, 6) is 1.10. The molecular formula is C14H25N3O. The van der Waals surface area contributed by atoms with Gasteiger partial charge in [-0.1, -0.05) is 0 Å². The van der Waals surface area contributed by atoms with E-state index in [-0.39, 0.29) is 17.9 Å². The van der Waals surface area contributed by atoms with E-state index in [4.69, 9.17) is 5.73 Å². The molecule has 1 amide bonds. The first-order valence-electron chi connectivity index (χ1n) is 7.49. The lowest BCUT2D eigenvalue weighted by Crippen LogP contribution is -2.35. The average molecular weight is 251 g/mol. The van der Waals surface area contributed by atoms with E-state index >= 15 is 0 Å². The van der Waals surface area contributed by atoms with Crippen LogP contribution in [0.25, 0.3) is 0 Å². The van der Waals surface area contributed by atoms with Crippen molar-refractivity contribution in [2.75, 3.05) is 19.6 Å². The summed E-state index contributed by atoms with van der Waals surface area (Å²) >= 11 is 0.